The van der Waals surface area contributed by atoms with E-state index in [9.17, 15) is 9.59 Å². The van der Waals surface area contributed by atoms with Crippen LogP contribution in [0.25, 0.3) is 0 Å². The molecule has 1 atom stereocenters. The fourth-order valence-electron chi connectivity index (χ4n) is 3.48. The molecular formula is C24H32N4O3. The summed E-state index contributed by atoms with van der Waals surface area (Å²) in [7, 11) is 0. The smallest absolute Gasteiger partial charge is 0.410 e. The molecule has 1 aliphatic rings. The third-order valence-corrected chi connectivity index (χ3v) is 5.07. The molecule has 1 fully saturated rings. The minimum absolute atomic E-state index is 0.124. The molecule has 0 saturated carbocycles. The first-order chi connectivity index (χ1) is 14.6. The standard InChI is InChI=1S/C24H32N4O3/c1-16-6-7-17(2)20(14-16)27-22(29)26-19-10-8-18(9-11-19)21-15-25-12-13-28(21)23(30)31-24(3,4)5/h6-11,14,21,25H,12-13,15H2,1-5H3,(H2,26,27,29). The fourth-order valence-corrected chi connectivity index (χ4v) is 3.48. The molecule has 0 radical (unpaired) electrons. The normalized spacial score (nSPS) is 16.5. The number of nitrogens with one attached hydrogen (secondary N) is 3. The van der Waals surface area contributed by atoms with Gasteiger partial charge in [0.25, 0.3) is 0 Å². The van der Waals surface area contributed by atoms with Crippen LogP contribution >= 0.6 is 0 Å². The number of carbonyl (C=O) groups excluding carboxylic acids is 2. The molecule has 0 aromatic heterocycles. The molecule has 0 spiro atoms. The molecule has 3 N–H and O–H groups in total. The van der Waals surface area contributed by atoms with Crippen LogP contribution < -0.4 is 16.0 Å². The molecule has 2 aromatic rings. The zero-order valence-corrected chi connectivity index (χ0v) is 18.9. The van der Waals surface area contributed by atoms with Gasteiger partial charge in [0.1, 0.15) is 5.60 Å². The summed E-state index contributed by atoms with van der Waals surface area (Å²) in [6.45, 7) is 11.5. The maximum Gasteiger partial charge on any atom is 0.410 e. The first kappa shape index (κ1) is 22.6. The quantitative estimate of drug-likeness (QED) is 0.659. The van der Waals surface area contributed by atoms with Gasteiger partial charge in [0.2, 0.25) is 0 Å². The van der Waals surface area contributed by atoms with Crippen LogP contribution in [0.15, 0.2) is 42.5 Å². The molecule has 3 rings (SSSR count). The van der Waals surface area contributed by atoms with Gasteiger partial charge >= 0.3 is 12.1 Å². The summed E-state index contributed by atoms with van der Waals surface area (Å²) >= 11 is 0. The molecule has 31 heavy (non-hydrogen) atoms. The van der Waals surface area contributed by atoms with Crippen molar-refractivity contribution in [2.24, 2.45) is 0 Å². The lowest BCUT2D eigenvalue weighted by atomic mass is 10.0. The summed E-state index contributed by atoms with van der Waals surface area (Å²) in [5, 5.41) is 9.09. The van der Waals surface area contributed by atoms with E-state index in [1.54, 1.807) is 4.90 Å². The Bertz CT molecular complexity index is 935. The van der Waals surface area contributed by atoms with Crippen molar-refractivity contribution in [3.05, 3.63) is 59.2 Å². The molecule has 1 heterocycles. The second kappa shape index (κ2) is 9.39. The maximum absolute atomic E-state index is 12.6. The monoisotopic (exact) mass is 424 g/mol. The number of hydrogen-bond donors (Lipinski definition) is 3. The van der Waals surface area contributed by atoms with Crippen molar-refractivity contribution in [2.75, 3.05) is 30.3 Å². The van der Waals surface area contributed by atoms with Gasteiger partial charge in [-0.15, -0.1) is 0 Å². The lowest BCUT2D eigenvalue weighted by molar-refractivity contribution is 0.0118. The number of carbonyl (C=O) groups is 2. The number of ether oxygens (including phenoxy) is 1. The highest BCUT2D eigenvalue weighted by Crippen LogP contribution is 2.26. The van der Waals surface area contributed by atoms with Gasteiger partial charge in [-0.25, -0.2) is 9.59 Å². The lowest BCUT2D eigenvalue weighted by Crippen LogP contribution is -2.50. The molecule has 0 aliphatic carbocycles. The third-order valence-electron chi connectivity index (χ3n) is 5.07. The predicted molar refractivity (Wildman–Crippen MR) is 124 cm³/mol. The highest BCUT2D eigenvalue weighted by molar-refractivity contribution is 6.00. The third kappa shape index (κ3) is 6.21. The van der Waals surface area contributed by atoms with Gasteiger partial charge in [-0.2, -0.15) is 0 Å². The molecular weight excluding hydrogens is 392 g/mol. The molecule has 1 aliphatic heterocycles. The van der Waals surface area contributed by atoms with E-state index in [1.165, 1.54) is 0 Å². The van der Waals surface area contributed by atoms with Gasteiger partial charge < -0.3 is 20.7 Å². The van der Waals surface area contributed by atoms with E-state index in [1.807, 2.05) is 77.1 Å². The zero-order valence-electron chi connectivity index (χ0n) is 18.9. The molecule has 3 amide bonds. The molecule has 166 valence electrons. The minimum atomic E-state index is -0.538. The molecule has 1 saturated heterocycles. The second-order valence-electron chi connectivity index (χ2n) is 8.91. The summed E-state index contributed by atoms with van der Waals surface area (Å²) in [6, 6.07) is 13.1. The number of aryl methyl sites for hydroxylation is 2. The van der Waals surface area contributed by atoms with E-state index >= 15 is 0 Å². The zero-order chi connectivity index (χ0) is 22.6. The minimum Gasteiger partial charge on any atom is -0.444 e. The van der Waals surface area contributed by atoms with E-state index in [4.69, 9.17) is 4.74 Å². The van der Waals surface area contributed by atoms with Crippen molar-refractivity contribution in [1.29, 1.82) is 0 Å². The number of urea groups is 1. The Morgan fingerprint density at radius 3 is 2.45 bits per heavy atom. The van der Waals surface area contributed by atoms with Crippen LogP contribution in [0.1, 0.15) is 43.5 Å². The van der Waals surface area contributed by atoms with Gasteiger partial charge in [0.15, 0.2) is 0 Å². The summed E-state index contributed by atoms with van der Waals surface area (Å²) in [6.07, 6.45) is -0.311. The van der Waals surface area contributed by atoms with Crippen molar-refractivity contribution in [3.8, 4) is 0 Å². The molecule has 1 unspecified atom stereocenters. The van der Waals surface area contributed by atoms with Gasteiger partial charge in [0.05, 0.1) is 6.04 Å². The lowest BCUT2D eigenvalue weighted by Gasteiger charge is -2.37. The van der Waals surface area contributed by atoms with Crippen LogP contribution in [0.5, 0.6) is 0 Å². The average Bonchev–Trinajstić information content (AvgIpc) is 2.70. The van der Waals surface area contributed by atoms with E-state index < -0.39 is 5.60 Å². The number of nitrogens with zero attached hydrogens (tertiary/aromatic N) is 1. The van der Waals surface area contributed by atoms with Crippen LogP contribution in [0.3, 0.4) is 0 Å². The summed E-state index contributed by atoms with van der Waals surface area (Å²) in [5.41, 5.74) is 4.00. The Morgan fingerprint density at radius 2 is 1.77 bits per heavy atom. The number of anilines is 2. The van der Waals surface area contributed by atoms with E-state index in [0.29, 0.717) is 18.8 Å². The van der Waals surface area contributed by atoms with Crippen LogP contribution in [-0.4, -0.2) is 42.3 Å². The largest absolute Gasteiger partial charge is 0.444 e. The van der Waals surface area contributed by atoms with Crippen LogP contribution in [-0.2, 0) is 4.74 Å². The van der Waals surface area contributed by atoms with Crippen LogP contribution in [0.4, 0.5) is 21.0 Å². The SMILES string of the molecule is Cc1ccc(C)c(NC(=O)Nc2ccc(C3CNCCN3C(=O)OC(C)(C)C)cc2)c1. The van der Waals surface area contributed by atoms with E-state index in [2.05, 4.69) is 16.0 Å². The van der Waals surface area contributed by atoms with Crippen molar-refractivity contribution in [3.63, 3.8) is 0 Å². The Hall–Kier alpha value is -3.06. The van der Waals surface area contributed by atoms with Crippen LogP contribution in [0.2, 0.25) is 0 Å². The van der Waals surface area contributed by atoms with Crippen LogP contribution in [0, 0.1) is 13.8 Å². The molecule has 7 nitrogen and oxygen atoms in total. The first-order valence-corrected chi connectivity index (χ1v) is 10.6. The van der Waals surface area contributed by atoms with Crippen molar-refractivity contribution in [1.82, 2.24) is 10.2 Å². The maximum atomic E-state index is 12.6. The van der Waals surface area contributed by atoms with Gasteiger partial charge in [-0.05, 0) is 69.5 Å². The number of benzene rings is 2. The molecule has 7 heteroatoms. The van der Waals surface area contributed by atoms with Crippen molar-refractivity contribution < 1.29 is 14.3 Å². The predicted octanol–water partition coefficient (Wildman–Crippen LogP) is 4.83. The number of rotatable bonds is 3. The summed E-state index contributed by atoms with van der Waals surface area (Å²) < 4.78 is 5.57. The van der Waals surface area contributed by atoms with Gasteiger partial charge in [0, 0.05) is 31.0 Å². The van der Waals surface area contributed by atoms with Crippen molar-refractivity contribution >= 4 is 23.5 Å². The Kier molecular flexibility index (Phi) is 6.85. The summed E-state index contributed by atoms with van der Waals surface area (Å²) in [4.78, 5) is 26.8. The summed E-state index contributed by atoms with van der Waals surface area (Å²) in [5.74, 6) is 0. The number of piperazine rings is 1. The highest BCUT2D eigenvalue weighted by atomic mass is 16.6. The topological polar surface area (TPSA) is 82.7 Å². The highest BCUT2D eigenvalue weighted by Gasteiger charge is 2.31. The van der Waals surface area contributed by atoms with Crippen molar-refractivity contribution in [2.45, 2.75) is 46.3 Å². The fraction of sp³-hybridized carbons (Fsp3) is 0.417. The number of amides is 3. The Balaban J connectivity index is 1.66. The molecule has 2 aromatic carbocycles. The van der Waals surface area contributed by atoms with Gasteiger partial charge in [-0.3, -0.25) is 4.90 Å². The number of hydrogen-bond acceptors (Lipinski definition) is 4. The Labute approximate surface area is 184 Å². The van der Waals surface area contributed by atoms with Gasteiger partial charge in [-0.1, -0.05) is 24.3 Å². The molecule has 0 bridgehead atoms. The second-order valence-corrected chi connectivity index (χ2v) is 8.91. The first-order valence-electron chi connectivity index (χ1n) is 10.6. The van der Waals surface area contributed by atoms with E-state index in [-0.39, 0.29) is 18.2 Å². The Morgan fingerprint density at radius 1 is 1.06 bits per heavy atom. The average molecular weight is 425 g/mol. The van der Waals surface area contributed by atoms with E-state index in [0.717, 1.165) is 28.9 Å².